The van der Waals surface area contributed by atoms with Crippen molar-refractivity contribution in [1.82, 2.24) is 14.5 Å². The van der Waals surface area contributed by atoms with Gasteiger partial charge in [0, 0.05) is 11.8 Å². The molecule has 112 valence electrons. The molecule has 0 saturated heterocycles. The van der Waals surface area contributed by atoms with Crippen molar-refractivity contribution in [2.24, 2.45) is 5.92 Å². The van der Waals surface area contributed by atoms with Crippen LogP contribution in [0.15, 0.2) is 30.9 Å². The van der Waals surface area contributed by atoms with Gasteiger partial charge >= 0.3 is 5.97 Å². The minimum absolute atomic E-state index is 0.287. The van der Waals surface area contributed by atoms with Gasteiger partial charge in [-0.2, -0.15) is 0 Å². The second-order valence-electron chi connectivity index (χ2n) is 5.29. The van der Waals surface area contributed by atoms with Crippen molar-refractivity contribution in [2.75, 3.05) is 12.8 Å². The maximum Gasteiger partial charge on any atom is 0.328 e. The highest BCUT2D eigenvalue weighted by atomic mass is 16.5. The average molecular weight is 288 g/mol. The quantitative estimate of drug-likeness (QED) is 0.853. The number of nitrogens with zero attached hydrogens (tertiary/aromatic N) is 3. The Morgan fingerprint density at radius 2 is 2.24 bits per heavy atom. The summed E-state index contributed by atoms with van der Waals surface area (Å²) in [6.07, 6.45) is 5.61. The van der Waals surface area contributed by atoms with E-state index in [9.17, 15) is 4.79 Å². The molecule has 0 radical (unpaired) electrons. The number of nitrogens with two attached hydrogens (primary N) is 1. The van der Waals surface area contributed by atoms with Crippen LogP contribution in [0, 0.1) is 5.92 Å². The lowest BCUT2D eigenvalue weighted by atomic mass is 10.0. The summed E-state index contributed by atoms with van der Waals surface area (Å²) in [5.74, 6) is 0.466. The first kappa shape index (κ1) is 15.0. The number of aromatic nitrogens is 3. The number of carbonyl (C=O) groups is 1. The number of ether oxygens (including phenoxy) is 1. The molecular formula is C15H20N4O2. The van der Waals surface area contributed by atoms with E-state index in [1.807, 2.05) is 6.07 Å². The number of nitrogen functional groups attached to an aromatic ring is 1. The summed E-state index contributed by atoms with van der Waals surface area (Å²) in [7, 11) is 1.39. The predicted molar refractivity (Wildman–Crippen MR) is 80.4 cm³/mol. The van der Waals surface area contributed by atoms with Crippen LogP contribution in [-0.4, -0.2) is 27.6 Å². The number of rotatable bonds is 5. The highest BCUT2D eigenvalue weighted by Crippen LogP contribution is 2.29. The van der Waals surface area contributed by atoms with E-state index in [-0.39, 0.29) is 5.97 Å². The van der Waals surface area contributed by atoms with Gasteiger partial charge < -0.3 is 15.0 Å². The third kappa shape index (κ3) is 3.21. The Balaban J connectivity index is 2.46. The van der Waals surface area contributed by atoms with Crippen LogP contribution >= 0.6 is 0 Å². The second kappa shape index (κ2) is 6.39. The van der Waals surface area contributed by atoms with Crippen LogP contribution in [-0.2, 0) is 9.53 Å². The van der Waals surface area contributed by atoms with Gasteiger partial charge in [0.2, 0.25) is 0 Å². The van der Waals surface area contributed by atoms with E-state index in [0.29, 0.717) is 18.2 Å². The molecule has 0 aromatic carbocycles. The Kier molecular flexibility index (Phi) is 4.57. The molecule has 0 amide bonds. The molecule has 2 rings (SSSR count). The van der Waals surface area contributed by atoms with Gasteiger partial charge in [-0.3, -0.25) is 0 Å². The van der Waals surface area contributed by atoms with E-state index >= 15 is 0 Å². The van der Waals surface area contributed by atoms with E-state index in [0.717, 1.165) is 11.3 Å². The van der Waals surface area contributed by atoms with Gasteiger partial charge in [0.25, 0.3) is 0 Å². The molecule has 0 fully saturated rings. The third-order valence-corrected chi connectivity index (χ3v) is 3.28. The van der Waals surface area contributed by atoms with Gasteiger partial charge in [-0.15, -0.1) is 0 Å². The van der Waals surface area contributed by atoms with E-state index in [4.69, 9.17) is 10.5 Å². The SMILES string of the molecule is COC(=O)C(CC(C)C)n1cncc1-c1cccnc1N. The zero-order valence-corrected chi connectivity index (χ0v) is 12.5. The number of imidazole rings is 1. The topological polar surface area (TPSA) is 83.0 Å². The molecule has 0 bridgehead atoms. The Bertz CT molecular complexity index is 622. The molecule has 0 aliphatic carbocycles. The predicted octanol–water partition coefficient (Wildman–Crippen LogP) is 2.29. The van der Waals surface area contributed by atoms with Crippen LogP contribution in [0.5, 0.6) is 0 Å². The average Bonchev–Trinajstić information content (AvgIpc) is 2.93. The fourth-order valence-electron chi connectivity index (χ4n) is 2.30. The first-order valence-corrected chi connectivity index (χ1v) is 6.85. The zero-order chi connectivity index (χ0) is 15.4. The molecule has 0 saturated carbocycles. The van der Waals surface area contributed by atoms with Crippen LogP contribution in [0.4, 0.5) is 5.82 Å². The largest absolute Gasteiger partial charge is 0.467 e. The molecule has 0 spiro atoms. The van der Waals surface area contributed by atoms with Gasteiger partial charge in [-0.05, 0) is 24.5 Å². The van der Waals surface area contributed by atoms with Crippen molar-refractivity contribution < 1.29 is 9.53 Å². The van der Waals surface area contributed by atoms with E-state index in [2.05, 4.69) is 23.8 Å². The molecule has 1 atom stereocenters. The van der Waals surface area contributed by atoms with Gasteiger partial charge in [-0.1, -0.05) is 13.8 Å². The van der Waals surface area contributed by atoms with Crippen molar-refractivity contribution in [2.45, 2.75) is 26.3 Å². The Hall–Kier alpha value is -2.37. The fourth-order valence-corrected chi connectivity index (χ4v) is 2.30. The standard InChI is InChI=1S/C15H20N4O2/c1-10(2)7-12(15(20)21-3)19-9-17-8-13(19)11-5-4-6-18-14(11)16/h4-6,8-10,12H,7H2,1-3H3,(H2,16,18). The molecular weight excluding hydrogens is 268 g/mol. The van der Waals surface area contributed by atoms with Gasteiger partial charge in [0.15, 0.2) is 0 Å². The lowest BCUT2D eigenvalue weighted by molar-refractivity contribution is -0.145. The summed E-state index contributed by atoms with van der Waals surface area (Å²) in [6.45, 7) is 4.12. The molecule has 0 aliphatic rings. The molecule has 21 heavy (non-hydrogen) atoms. The van der Waals surface area contributed by atoms with Crippen molar-refractivity contribution >= 4 is 11.8 Å². The lowest BCUT2D eigenvalue weighted by Gasteiger charge is -2.20. The number of anilines is 1. The molecule has 2 aromatic heterocycles. The van der Waals surface area contributed by atoms with Crippen LogP contribution in [0.1, 0.15) is 26.3 Å². The second-order valence-corrected chi connectivity index (χ2v) is 5.29. The molecule has 2 aromatic rings. The van der Waals surface area contributed by atoms with Crippen molar-refractivity contribution in [3.8, 4) is 11.3 Å². The number of hydrogen-bond acceptors (Lipinski definition) is 5. The smallest absolute Gasteiger partial charge is 0.328 e. The first-order valence-electron chi connectivity index (χ1n) is 6.85. The van der Waals surface area contributed by atoms with Gasteiger partial charge in [0.05, 0.1) is 25.3 Å². The summed E-state index contributed by atoms with van der Waals surface area (Å²) >= 11 is 0. The van der Waals surface area contributed by atoms with Crippen LogP contribution in [0.2, 0.25) is 0 Å². The Morgan fingerprint density at radius 1 is 1.48 bits per heavy atom. The number of esters is 1. The number of hydrogen-bond donors (Lipinski definition) is 1. The number of pyridine rings is 1. The highest BCUT2D eigenvalue weighted by Gasteiger charge is 2.25. The van der Waals surface area contributed by atoms with Crippen LogP contribution in [0.3, 0.4) is 0 Å². The van der Waals surface area contributed by atoms with Gasteiger partial charge in [-0.25, -0.2) is 14.8 Å². The summed E-state index contributed by atoms with van der Waals surface area (Å²) in [6, 6.07) is 3.24. The van der Waals surface area contributed by atoms with Crippen LogP contribution in [0.25, 0.3) is 11.3 Å². The molecule has 0 aliphatic heterocycles. The maximum atomic E-state index is 12.1. The van der Waals surface area contributed by atoms with Gasteiger partial charge in [0.1, 0.15) is 11.9 Å². The molecule has 2 N–H and O–H groups in total. The molecule has 1 unspecified atom stereocenters. The van der Waals surface area contributed by atoms with Crippen LogP contribution < -0.4 is 5.73 Å². The number of methoxy groups -OCH3 is 1. The molecule has 6 nitrogen and oxygen atoms in total. The summed E-state index contributed by atoms with van der Waals surface area (Å²) in [4.78, 5) is 20.3. The minimum Gasteiger partial charge on any atom is -0.467 e. The van der Waals surface area contributed by atoms with E-state index in [1.165, 1.54) is 7.11 Å². The van der Waals surface area contributed by atoms with E-state index < -0.39 is 6.04 Å². The van der Waals surface area contributed by atoms with Crippen molar-refractivity contribution in [3.63, 3.8) is 0 Å². The fraction of sp³-hybridized carbons (Fsp3) is 0.400. The monoisotopic (exact) mass is 288 g/mol. The minimum atomic E-state index is -0.424. The summed E-state index contributed by atoms with van der Waals surface area (Å²) < 4.78 is 6.73. The van der Waals surface area contributed by atoms with Crippen molar-refractivity contribution in [1.29, 1.82) is 0 Å². The Labute approximate surface area is 124 Å². The number of carbonyl (C=O) groups excluding carboxylic acids is 1. The normalized spacial score (nSPS) is 12.4. The van der Waals surface area contributed by atoms with E-state index in [1.54, 1.807) is 29.4 Å². The zero-order valence-electron chi connectivity index (χ0n) is 12.5. The third-order valence-electron chi connectivity index (χ3n) is 3.28. The Morgan fingerprint density at radius 3 is 2.86 bits per heavy atom. The van der Waals surface area contributed by atoms with Crippen molar-refractivity contribution in [3.05, 3.63) is 30.9 Å². The summed E-state index contributed by atoms with van der Waals surface area (Å²) in [5, 5.41) is 0. The first-order chi connectivity index (χ1) is 10.0. The molecule has 2 heterocycles. The summed E-state index contributed by atoms with van der Waals surface area (Å²) in [5.41, 5.74) is 7.44. The lowest BCUT2D eigenvalue weighted by Crippen LogP contribution is -2.23. The highest BCUT2D eigenvalue weighted by molar-refractivity contribution is 5.77. The molecule has 6 heteroatoms. The maximum absolute atomic E-state index is 12.1.